The Morgan fingerprint density at radius 1 is 1.07 bits per heavy atom. The summed E-state index contributed by atoms with van der Waals surface area (Å²) in [5.41, 5.74) is 2.58. The standard InChI is InChI=1S/C20H28N6O2/c1-25(13-19-23-24-20(28-19)14-6-8-27-9-7-14)16-11-26(12-16)18-10-15-4-2-3-5-17(15)21-22-18/h10,14,16H,2-9,11-13H2,1H3. The third kappa shape index (κ3) is 3.63. The summed E-state index contributed by atoms with van der Waals surface area (Å²) in [6.45, 7) is 4.18. The summed E-state index contributed by atoms with van der Waals surface area (Å²) < 4.78 is 11.3. The molecule has 4 heterocycles. The summed E-state index contributed by atoms with van der Waals surface area (Å²) in [6.07, 6.45) is 6.66. The van der Waals surface area contributed by atoms with E-state index in [9.17, 15) is 0 Å². The first-order valence-electron chi connectivity index (χ1n) is 10.5. The number of rotatable bonds is 5. The molecule has 150 valence electrons. The summed E-state index contributed by atoms with van der Waals surface area (Å²) >= 11 is 0. The number of ether oxygens (including phenoxy) is 1. The monoisotopic (exact) mass is 384 g/mol. The molecule has 8 heteroatoms. The van der Waals surface area contributed by atoms with Crippen LogP contribution in [0.5, 0.6) is 0 Å². The molecule has 2 aromatic rings. The van der Waals surface area contributed by atoms with Gasteiger partial charge in [-0.05, 0) is 57.2 Å². The number of nitrogens with zero attached hydrogens (tertiary/aromatic N) is 6. The van der Waals surface area contributed by atoms with Gasteiger partial charge < -0.3 is 14.1 Å². The minimum Gasteiger partial charge on any atom is -0.424 e. The molecule has 0 N–H and O–H groups in total. The van der Waals surface area contributed by atoms with E-state index in [-0.39, 0.29) is 0 Å². The van der Waals surface area contributed by atoms with Gasteiger partial charge in [0.15, 0.2) is 5.82 Å². The molecule has 0 spiro atoms. The van der Waals surface area contributed by atoms with Crippen LogP contribution in [-0.4, -0.2) is 64.7 Å². The van der Waals surface area contributed by atoms with E-state index in [1.165, 1.54) is 24.1 Å². The van der Waals surface area contributed by atoms with Crippen LogP contribution in [0.2, 0.25) is 0 Å². The number of hydrogen-bond donors (Lipinski definition) is 0. The van der Waals surface area contributed by atoms with Crippen molar-refractivity contribution < 1.29 is 9.15 Å². The molecule has 3 aliphatic rings. The van der Waals surface area contributed by atoms with Crippen molar-refractivity contribution >= 4 is 5.82 Å². The van der Waals surface area contributed by atoms with Gasteiger partial charge >= 0.3 is 0 Å². The average molecular weight is 384 g/mol. The van der Waals surface area contributed by atoms with Crippen LogP contribution < -0.4 is 4.90 Å². The minimum atomic E-state index is 0.349. The van der Waals surface area contributed by atoms with Crippen molar-refractivity contribution in [1.29, 1.82) is 0 Å². The summed E-state index contributed by atoms with van der Waals surface area (Å²) in [5.74, 6) is 2.84. The number of likely N-dealkylation sites (N-methyl/N-ethyl adjacent to an activating group) is 1. The Labute approximate surface area is 165 Å². The maximum atomic E-state index is 5.93. The fraction of sp³-hybridized carbons (Fsp3) is 0.700. The first-order chi connectivity index (χ1) is 13.8. The number of hydrogen-bond acceptors (Lipinski definition) is 8. The zero-order chi connectivity index (χ0) is 18.9. The van der Waals surface area contributed by atoms with Gasteiger partial charge in [-0.1, -0.05) is 0 Å². The number of fused-ring (bicyclic) bond motifs is 1. The highest BCUT2D eigenvalue weighted by atomic mass is 16.5. The first kappa shape index (κ1) is 18.0. The third-order valence-electron chi connectivity index (χ3n) is 6.30. The maximum Gasteiger partial charge on any atom is 0.230 e. The Morgan fingerprint density at radius 3 is 2.75 bits per heavy atom. The van der Waals surface area contributed by atoms with Gasteiger partial charge in [0.05, 0.1) is 12.2 Å². The Bertz CT molecular complexity index is 813. The van der Waals surface area contributed by atoms with Crippen molar-refractivity contribution in [2.24, 2.45) is 0 Å². The van der Waals surface area contributed by atoms with Crippen molar-refractivity contribution in [3.8, 4) is 0 Å². The summed E-state index contributed by atoms with van der Waals surface area (Å²) in [4.78, 5) is 4.61. The molecular formula is C20H28N6O2. The molecule has 0 saturated carbocycles. The fourth-order valence-electron chi connectivity index (χ4n) is 4.34. The Balaban J connectivity index is 1.15. The van der Waals surface area contributed by atoms with E-state index in [1.807, 2.05) is 0 Å². The second-order valence-corrected chi connectivity index (χ2v) is 8.28. The molecular weight excluding hydrogens is 356 g/mol. The zero-order valence-electron chi connectivity index (χ0n) is 16.5. The van der Waals surface area contributed by atoms with E-state index in [0.717, 1.165) is 63.7 Å². The lowest BCUT2D eigenvalue weighted by atomic mass is 9.96. The van der Waals surface area contributed by atoms with Crippen LogP contribution in [0.3, 0.4) is 0 Å². The van der Waals surface area contributed by atoms with Gasteiger partial charge in [-0.3, -0.25) is 4.90 Å². The number of aromatic nitrogens is 4. The van der Waals surface area contributed by atoms with Crippen molar-refractivity contribution in [3.05, 3.63) is 29.1 Å². The highest BCUT2D eigenvalue weighted by molar-refractivity contribution is 5.45. The van der Waals surface area contributed by atoms with Crippen LogP contribution in [0, 0.1) is 0 Å². The van der Waals surface area contributed by atoms with E-state index in [1.54, 1.807) is 0 Å². The van der Waals surface area contributed by atoms with Gasteiger partial charge in [0.1, 0.15) is 0 Å². The van der Waals surface area contributed by atoms with Gasteiger partial charge in [-0.25, -0.2) is 0 Å². The molecule has 0 aromatic carbocycles. The number of aryl methyl sites for hydroxylation is 2. The Hall–Kier alpha value is -2.06. The van der Waals surface area contributed by atoms with E-state index in [4.69, 9.17) is 9.15 Å². The summed E-state index contributed by atoms with van der Waals surface area (Å²) in [7, 11) is 2.12. The van der Waals surface area contributed by atoms with Gasteiger partial charge in [0.25, 0.3) is 0 Å². The molecule has 2 saturated heterocycles. The molecule has 2 aromatic heterocycles. The maximum absolute atomic E-state index is 5.93. The minimum absolute atomic E-state index is 0.349. The first-order valence-corrected chi connectivity index (χ1v) is 10.5. The highest BCUT2D eigenvalue weighted by Crippen LogP contribution is 2.28. The molecule has 5 rings (SSSR count). The summed E-state index contributed by atoms with van der Waals surface area (Å²) in [6, 6.07) is 2.71. The molecule has 0 radical (unpaired) electrons. The summed E-state index contributed by atoms with van der Waals surface area (Å²) in [5, 5.41) is 17.4. The predicted molar refractivity (Wildman–Crippen MR) is 103 cm³/mol. The molecule has 28 heavy (non-hydrogen) atoms. The Kier molecular flexibility index (Phi) is 4.98. The molecule has 2 aliphatic heterocycles. The van der Waals surface area contributed by atoms with Crippen LogP contribution >= 0.6 is 0 Å². The molecule has 0 amide bonds. The van der Waals surface area contributed by atoms with E-state index >= 15 is 0 Å². The van der Waals surface area contributed by atoms with Crippen molar-refractivity contribution in [2.75, 3.05) is 38.3 Å². The number of anilines is 1. The lowest BCUT2D eigenvalue weighted by molar-refractivity contribution is 0.0786. The SMILES string of the molecule is CN(Cc1nnc(C2CCOCC2)o1)C1CN(c2cc3c(nn2)CCCC3)C1. The molecule has 0 bridgehead atoms. The predicted octanol–water partition coefficient (Wildman–Crippen LogP) is 1.95. The van der Waals surface area contributed by atoms with Gasteiger partial charge in [0.2, 0.25) is 11.8 Å². The lowest BCUT2D eigenvalue weighted by Crippen LogP contribution is -2.58. The average Bonchev–Trinajstić information content (AvgIpc) is 3.16. The normalized spacial score (nSPS) is 21.0. The van der Waals surface area contributed by atoms with Crippen molar-refractivity contribution in [2.45, 2.75) is 57.0 Å². The van der Waals surface area contributed by atoms with E-state index < -0.39 is 0 Å². The van der Waals surface area contributed by atoms with Crippen LogP contribution in [0.1, 0.15) is 54.6 Å². The smallest absolute Gasteiger partial charge is 0.230 e. The fourth-order valence-corrected chi connectivity index (χ4v) is 4.34. The van der Waals surface area contributed by atoms with Crippen molar-refractivity contribution in [1.82, 2.24) is 25.3 Å². The molecule has 2 fully saturated rings. The van der Waals surface area contributed by atoms with Crippen LogP contribution in [0.15, 0.2) is 10.5 Å². The van der Waals surface area contributed by atoms with Gasteiger partial charge in [-0.15, -0.1) is 15.3 Å². The lowest BCUT2D eigenvalue weighted by Gasteiger charge is -2.44. The topological polar surface area (TPSA) is 80.4 Å². The van der Waals surface area contributed by atoms with Crippen LogP contribution in [0.4, 0.5) is 5.82 Å². The zero-order valence-corrected chi connectivity index (χ0v) is 16.5. The quantitative estimate of drug-likeness (QED) is 0.774. The second-order valence-electron chi connectivity index (χ2n) is 8.28. The molecule has 1 aliphatic carbocycles. The molecule has 0 atom stereocenters. The largest absolute Gasteiger partial charge is 0.424 e. The van der Waals surface area contributed by atoms with Gasteiger partial charge in [-0.2, -0.15) is 5.10 Å². The highest BCUT2D eigenvalue weighted by Gasteiger charge is 2.32. The third-order valence-corrected chi connectivity index (χ3v) is 6.30. The Morgan fingerprint density at radius 2 is 1.89 bits per heavy atom. The van der Waals surface area contributed by atoms with E-state index in [2.05, 4.69) is 43.3 Å². The van der Waals surface area contributed by atoms with Crippen molar-refractivity contribution in [3.63, 3.8) is 0 Å². The van der Waals surface area contributed by atoms with Gasteiger partial charge in [0, 0.05) is 38.3 Å². The van der Waals surface area contributed by atoms with Crippen LogP contribution in [-0.2, 0) is 24.1 Å². The van der Waals surface area contributed by atoms with Crippen LogP contribution in [0.25, 0.3) is 0 Å². The molecule has 0 unspecified atom stereocenters. The second kappa shape index (κ2) is 7.75. The molecule has 8 nitrogen and oxygen atoms in total. The van der Waals surface area contributed by atoms with E-state index in [0.29, 0.717) is 24.4 Å².